The number of aliphatic hydroxyl groups is 1. The molecule has 6 nitrogen and oxygen atoms in total. The van der Waals surface area contributed by atoms with E-state index in [0.717, 1.165) is 0 Å². The Morgan fingerprint density at radius 3 is 2.65 bits per heavy atom. The van der Waals surface area contributed by atoms with E-state index in [9.17, 15) is 9.90 Å². The fourth-order valence-corrected chi connectivity index (χ4v) is 2.02. The first-order valence-electron chi connectivity index (χ1n) is 5.79. The summed E-state index contributed by atoms with van der Waals surface area (Å²) in [5.41, 5.74) is 0.755. The quantitative estimate of drug-likeness (QED) is 0.907. The predicted octanol–water partition coefficient (Wildman–Crippen LogP) is 2.28. The highest BCUT2D eigenvalue weighted by Gasteiger charge is 2.12. The maximum atomic E-state index is 11.9. The average molecular weight is 315 g/mol. The van der Waals surface area contributed by atoms with Crippen LogP contribution in [0.1, 0.15) is 18.7 Å². The minimum atomic E-state index is -0.732. The molecule has 1 unspecified atom stereocenters. The lowest BCUT2D eigenvalue weighted by Gasteiger charge is -2.08. The van der Waals surface area contributed by atoms with Crippen molar-refractivity contribution in [1.82, 2.24) is 15.0 Å². The summed E-state index contributed by atoms with van der Waals surface area (Å²) in [5, 5.41) is 20.1. The third kappa shape index (κ3) is 3.47. The van der Waals surface area contributed by atoms with Gasteiger partial charge >= 0.3 is 0 Å². The number of hydrogen-bond donors (Lipinski definition) is 2. The number of halogens is 2. The van der Waals surface area contributed by atoms with E-state index in [2.05, 4.69) is 15.6 Å². The van der Waals surface area contributed by atoms with Gasteiger partial charge in [-0.1, -0.05) is 34.5 Å². The van der Waals surface area contributed by atoms with Gasteiger partial charge in [0.15, 0.2) is 0 Å². The van der Waals surface area contributed by atoms with Crippen LogP contribution in [0.25, 0.3) is 0 Å². The SMILES string of the molecule is CC(O)c1cn(CC(=O)Nc2c(Cl)cccc2Cl)nn1. The number of rotatable bonds is 4. The van der Waals surface area contributed by atoms with Crippen LogP contribution in [0.15, 0.2) is 24.4 Å². The fourth-order valence-electron chi connectivity index (χ4n) is 1.53. The third-order valence-corrected chi connectivity index (χ3v) is 3.15. The number of carbonyl (C=O) groups excluding carboxylic acids is 1. The Morgan fingerprint density at radius 1 is 1.45 bits per heavy atom. The van der Waals surface area contributed by atoms with E-state index in [0.29, 0.717) is 21.4 Å². The summed E-state index contributed by atoms with van der Waals surface area (Å²) < 4.78 is 1.32. The second-order valence-corrected chi connectivity index (χ2v) is 4.98. The number of anilines is 1. The Labute approximate surface area is 125 Å². The van der Waals surface area contributed by atoms with Crippen LogP contribution in [0.2, 0.25) is 10.0 Å². The molecule has 0 radical (unpaired) electrons. The second-order valence-electron chi connectivity index (χ2n) is 4.16. The van der Waals surface area contributed by atoms with Gasteiger partial charge in [0.25, 0.3) is 0 Å². The van der Waals surface area contributed by atoms with Crippen molar-refractivity contribution in [1.29, 1.82) is 0 Å². The molecule has 0 aliphatic carbocycles. The fraction of sp³-hybridized carbons (Fsp3) is 0.250. The standard InChI is InChI=1S/C12H12Cl2N4O2/c1-7(19)10-5-18(17-16-10)6-11(20)15-12-8(13)3-2-4-9(12)14/h2-5,7,19H,6H2,1H3,(H,15,20). The lowest BCUT2D eigenvalue weighted by Crippen LogP contribution is -2.19. The number of amides is 1. The normalized spacial score (nSPS) is 12.2. The minimum Gasteiger partial charge on any atom is -0.387 e. The van der Waals surface area contributed by atoms with Crippen molar-refractivity contribution in [3.63, 3.8) is 0 Å². The first-order chi connectivity index (χ1) is 9.47. The number of carbonyl (C=O) groups is 1. The van der Waals surface area contributed by atoms with E-state index < -0.39 is 6.10 Å². The monoisotopic (exact) mass is 314 g/mol. The van der Waals surface area contributed by atoms with Gasteiger partial charge in [-0.3, -0.25) is 4.79 Å². The Morgan fingerprint density at radius 2 is 2.10 bits per heavy atom. The van der Waals surface area contributed by atoms with Gasteiger partial charge in [-0.05, 0) is 19.1 Å². The summed E-state index contributed by atoms with van der Waals surface area (Å²) in [6.45, 7) is 1.51. The molecule has 0 spiro atoms. The molecule has 8 heteroatoms. The van der Waals surface area contributed by atoms with Gasteiger partial charge in [0.05, 0.1) is 28.0 Å². The van der Waals surface area contributed by atoms with Crippen LogP contribution in [0.3, 0.4) is 0 Å². The maximum absolute atomic E-state index is 11.9. The highest BCUT2D eigenvalue weighted by atomic mass is 35.5. The maximum Gasteiger partial charge on any atom is 0.246 e. The lowest BCUT2D eigenvalue weighted by molar-refractivity contribution is -0.116. The van der Waals surface area contributed by atoms with E-state index in [1.54, 1.807) is 25.1 Å². The van der Waals surface area contributed by atoms with Gasteiger partial charge in [0.1, 0.15) is 12.2 Å². The molecule has 1 aromatic heterocycles. The third-order valence-electron chi connectivity index (χ3n) is 2.52. The van der Waals surface area contributed by atoms with Crippen LogP contribution in [-0.4, -0.2) is 26.0 Å². The predicted molar refractivity (Wildman–Crippen MR) is 75.7 cm³/mol. The topological polar surface area (TPSA) is 80.0 Å². The van der Waals surface area contributed by atoms with Crippen LogP contribution < -0.4 is 5.32 Å². The van der Waals surface area contributed by atoms with Gasteiger partial charge < -0.3 is 10.4 Å². The summed E-state index contributed by atoms with van der Waals surface area (Å²) in [5.74, 6) is -0.345. The van der Waals surface area contributed by atoms with Gasteiger partial charge in [0.2, 0.25) is 5.91 Å². The second kappa shape index (κ2) is 6.21. The first-order valence-corrected chi connectivity index (χ1v) is 6.55. The molecule has 1 aromatic carbocycles. The zero-order valence-electron chi connectivity index (χ0n) is 10.5. The molecule has 0 fully saturated rings. The van der Waals surface area contributed by atoms with Gasteiger partial charge in [-0.2, -0.15) is 0 Å². The van der Waals surface area contributed by atoms with E-state index >= 15 is 0 Å². The molecule has 1 atom stereocenters. The Balaban J connectivity index is 2.05. The highest BCUT2D eigenvalue weighted by molar-refractivity contribution is 6.39. The van der Waals surface area contributed by atoms with E-state index in [-0.39, 0.29) is 12.5 Å². The van der Waals surface area contributed by atoms with Crippen LogP contribution in [0, 0.1) is 0 Å². The van der Waals surface area contributed by atoms with Crippen molar-refractivity contribution in [2.75, 3.05) is 5.32 Å². The molecule has 1 amide bonds. The molecular weight excluding hydrogens is 303 g/mol. The van der Waals surface area contributed by atoms with Crippen molar-refractivity contribution in [2.24, 2.45) is 0 Å². The summed E-state index contributed by atoms with van der Waals surface area (Å²) >= 11 is 11.9. The van der Waals surface area contributed by atoms with E-state index in [1.807, 2.05) is 0 Å². The van der Waals surface area contributed by atoms with Crippen molar-refractivity contribution in [3.8, 4) is 0 Å². The number of aromatic nitrogens is 3. The number of para-hydroxylation sites is 1. The van der Waals surface area contributed by atoms with E-state index in [4.69, 9.17) is 23.2 Å². The number of nitrogens with zero attached hydrogens (tertiary/aromatic N) is 3. The molecule has 2 aromatic rings. The van der Waals surface area contributed by atoms with Crippen molar-refractivity contribution in [2.45, 2.75) is 19.6 Å². The lowest BCUT2D eigenvalue weighted by atomic mass is 10.3. The van der Waals surface area contributed by atoms with Gasteiger partial charge in [-0.25, -0.2) is 4.68 Å². The summed E-state index contributed by atoms with van der Waals surface area (Å²) in [7, 11) is 0. The molecular formula is C12H12Cl2N4O2. The molecule has 20 heavy (non-hydrogen) atoms. The number of hydrogen-bond acceptors (Lipinski definition) is 4. The smallest absolute Gasteiger partial charge is 0.246 e. The van der Waals surface area contributed by atoms with Crippen LogP contribution in [-0.2, 0) is 11.3 Å². The molecule has 0 bridgehead atoms. The number of nitrogens with one attached hydrogen (secondary N) is 1. The average Bonchev–Trinajstić information content (AvgIpc) is 2.82. The Hall–Kier alpha value is -1.63. The molecule has 0 aliphatic heterocycles. The van der Waals surface area contributed by atoms with Crippen LogP contribution in [0.4, 0.5) is 5.69 Å². The first kappa shape index (κ1) is 14.8. The van der Waals surface area contributed by atoms with E-state index in [1.165, 1.54) is 10.9 Å². The molecule has 2 N–H and O–H groups in total. The van der Waals surface area contributed by atoms with Crippen molar-refractivity contribution in [3.05, 3.63) is 40.1 Å². The number of aliphatic hydroxyl groups excluding tert-OH is 1. The highest BCUT2D eigenvalue weighted by Crippen LogP contribution is 2.29. The molecule has 106 valence electrons. The minimum absolute atomic E-state index is 0.0543. The van der Waals surface area contributed by atoms with Gasteiger partial charge in [-0.15, -0.1) is 5.10 Å². The zero-order valence-corrected chi connectivity index (χ0v) is 12.1. The number of benzene rings is 1. The summed E-state index contributed by atoms with van der Waals surface area (Å²) in [6.07, 6.45) is 0.767. The summed E-state index contributed by atoms with van der Waals surface area (Å²) in [4.78, 5) is 11.9. The van der Waals surface area contributed by atoms with Gasteiger partial charge in [0, 0.05) is 0 Å². The van der Waals surface area contributed by atoms with Crippen molar-refractivity contribution < 1.29 is 9.90 Å². The summed E-state index contributed by atoms with van der Waals surface area (Å²) in [6, 6.07) is 4.95. The zero-order chi connectivity index (χ0) is 14.7. The largest absolute Gasteiger partial charge is 0.387 e. The molecule has 0 saturated heterocycles. The molecule has 2 rings (SSSR count). The van der Waals surface area contributed by atoms with Crippen LogP contribution >= 0.6 is 23.2 Å². The molecule has 0 saturated carbocycles. The van der Waals surface area contributed by atoms with Crippen molar-refractivity contribution >= 4 is 34.8 Å². The van der Waals surface area contributed by atoms with Crippen LogP contribution in [0.5, 0.6) is 0 Å². The molecule has 1 heterocycles. The molecule has 0 aliphatic rings. The Bertz CT molecular complexity index is 607. The Kier molecular flexibility index (Phi) is 4.59.